The zero-order chi connectivity index (χ0) is 20.4. The molecule has 7 nitrogen and oxygen atoms in total. The van der Waals surface area contributed by atoms with Gasteiger partial charge in [0.25, 0.3) is 0 Å². The fourth-order valence-corrected chi connectivity index (χ4v) is 3.83. The summed E-state index contributed by atoms with van der Waals surface area (Å²) in [6.45, 7) is 4.89. The zero-order valence-electron chi connectivity index (χ0n) is 16.9. The third kappa shape index (κ3) is 4.11. The van der Waals surface area contributed by atoms with E-state index in [1.807, 2.05) is 31.1 Å². The van der Waals surface area contributed by atoms with Crippen molar-refractivity contribution in [2.45, 2.75) is 25.2 Å². The summed E-state index contributed by atoms with van der Waals surface area (Å²) in [5.41, 5.74) is 1.75. The van der Waals surface area contributed by atoms with Gasteiger partial charge in [-0.15, -0.1) is 0 Å². The quantitative estimate of drug-likeness (QED) is 0.617. The van der Waals surface area contributed by atoms with Crippen molar-refractivity contribution < 1.29 is 9.18 Å². The van der Waals surface area contributed by atoms with Gasteiger partial charge in [-0.2, -0.15) is 5.10 Å². The Hall–Kier alpha value is -2.90. The van der Waals surface area contributed by atoms with Gasteiger partial charge in [0, 0.05) is 38.3 Å². The third-order valence-corrected chi connectivity index (χ3v) is 5.68. The molecule has 1 saturated carbocycles. The summed E-state index contributed by atoms with van der Waals surface area (Å²) < 4.78 is 15.3. The van der Waals surface area contributed by atoms with Crippen molar-refractivity contribution in [1.82, 2.24) is 20.0 Å². The molecular formula is C21H27FN6O. The van der Waals surface area contributed by atoms with Crippen LogP contribution in [0.2, 0.25) is 0 Å². The minimum absolute atomic E-state index is 0.0288. The van der Waals surface area contributed by atoms with E-state index in [0.717, 1.165) is 36.6 Å². The molecule has 0 atom stereocenters. The molecule has 0 radical (unpaired) electrons. The molecule has 2 fully saturated rings. The van der Waals surface area contributed by atoms with E-state index in [2.05, 4.69) is 10.4 Å². The average Bonchev–Trinajstić information content (AvgIpc) is 3.38. The molecule has 1 N–H and O–H groups in total. The molecule has 154 valence electrons. The molecule has 2 aliphatic rings. The molecule has 1 aromatic heterocycles. The minimum atomic E-state index is -0.207. The number of guanidine groups is 1. The fraction of sp³-hybridized carbons (Fsp3) is 0.476. The van der Waals surface area contributed by atoms with E-state index in [9.17, 15) is 9.18 Å². The molecule has 1 aliphatic heterocycles. The van der Waals surface area contributed by atoms with E-state index in [1.54, 1.807) is 27.9 Å². The lowest BCUT2D eigenvalue weighted by Gasteiger charge is -2.35. The first-order chi connectivity index (χ1) is 14.0. The lowest BCUT2D eigenvalue weighted by molar-refractivity contribution is -0.120. The van der Waals surface area contributed by atoms with Crippen LogP contribution in [0.15, 0.2) is 41.7 Å². The molecule has 4 rings (SSSR count). The molecule has 0 bridgehead atoms. The lowest BCUT2D eigenvalue weighted by atomic mass is 9.96. The summed E-state index contributed by atoms with van der Waals surface area (Å²) in [4.78, 5) is 21.3. The summed E-state index contributed by atoms with van der Waals surface area (Å²) >= 11 is 0. The number of carbonyl (C=O) groups is 1. The maximum Gasteiger partial charge on any atom is 0.246 e. The van der Waals surface area contributed by atoms with Gasteiger partial charge in [0.1, 0.15) is 12.4 Å². The number of halogens is 1. The van der Waals surface area contributed by atoms with Gasteiger partial charge in [0.2, 0.25) is 5.91 Å². The first-order valence-corrected chi connectivity index (χ1v) is 10.1. The monoisotopic (exact) mass is 398 g/mol. The van der Waals surface area contributed by atoms with Crippen LogP contribution in [0, 0.1) is 5.82 Å². The molecule has 1 aliphatic carbocycles. The number of hydrogen-bond donors (Lipinski definition) is 1. The van der Waals surface area contributed by atoms with E-state index >= 15 is 0 Å². The van der Waals surface area contributed by atoms with Crippen molar-refractivity contribution in [3.05, 3.63) is 48.0 Å². The smallest absolute Gasteiger partial charge is 0.246 e. The topological polar surface area (TPSA) is 65.8 Å². The van der Waals surface area contributed by atoms with Gasteiger partial charge in [0.15, 0.2) is 5.96 Å². The molecule has 1 saturated heterocycles. The zero-order valence-corrected chi connectivity index (χ0v) is 16.9. The highest BCUT2D eigenvalue weighted by Crippen LogP contribution is 2.48. The van der Waals surface area contributed by atoms with Crippen LogP contribution in [0.3, 0.4) is 0 Å². The van der Waals surface area contributed by atoms with Crippen LogP contribution in [0.4, 0.5) is 10.1 Å². The van der Waals surface area contributed by atoms with E-state index < -0.39 is 0 Å². The van der Waals surface area contributed by atoms with E-state index in [1.165, 1.54) is 6.07 Å². The molecule has 1 aromatic carbocycles. The highest BCUT2D eigenvalue weighted by Gasteiger charge is 2.44. The van der Waals surface area contributed by atoms with Crippen molar-refractivity contribution in [1.29, 1.82) is 0 Å². The Morgan fingerprint density at radius 2 is 2.17 bits per heavy atom. The Bertz CT molecular complexity index is 919. The van der Waals surface area contributed by atoms with Crippen molar-refractivity contribution in [3.63, 3.8) is 0 Å². The number of nitrogens with zero attached hydrogens (tertiary/aromatic N) is 5. The molecule has 8 heteroatoms. The molecule has 2 aromatic rings. The number of carbonyl (C=O) groups excluding carboxylic acids is 1. The predicted molar refractivity (Wildman–Crippen MR) is 110 cm³/mol. The number of rotatable bonds is 5. The molecule has 1 amide bonds. The van der Waals surface area contributed by atoms with Crippen LogP contribution in [0.5, 0.6) is 0 Å². The number of amides is 1. The van der Waals surface area contributed by atoms with E-state index in [-0.39, 0.29) is 23.7 Å². The van der Waals surface area contributed by atoms with Crippen LogP contribution >= 0.6 is 0 Å². The van der Waals surface area contributed by atoms with Crippen LogP contribution in [-0.4, -0.2) is 59.3 Å². The maximum absolute atomic E-state index is 13.7. The van der Waals surface area contributed by atoms with Crippen LogP contribution in [0.25, 0.3) is 0 Å². The Morgan fingerprint density at radius 3 is 2.79 bits per heavy atom. The van der Waals surface area contributed by atoms with Crippen LogP contribution < -0.4 is 10.2 Å². The first-order valence-electron chi connectivity index (χ1n) is 10.1. The van der Waals surface area contributed by atoms with Gasteiger partial charge in [-0.05, 0) is 37.5 Å². The Balaban J connectivity index is 1.46. The SMILES string of the molecule is CCNC(=NCC1(c2cccc(F)c2)CC1)N1CCN(c2cnn(C)c2)C(=O)C1. The largest absolute Gasteiger partial charge is 0.357 e. The number of aliphatic imine (C=N–C) groups is 1. The molecular weight excluding hydrogens is 371 g/mol. The second-order valence-corrected chi connectivity index (χ2v) is 7.80. The summed E-state index contributed by atoms with van der Waals surface area (Å²) in [5.74, 6) is 0.567. The minimum Gasteiger partial charge on any atom is -0.357 e. The average molecular weight is 398 g/mol. The van der Waals surface area contributed by atoms with Crippen molar-refractivity contribution in [3.8, 4) is 0 Å². The van der Waals surface area contributed by atoms with Crippen molar-refractivity contribution in [2.24, 2.45) is 12.0 Å². The first kappa shape index (κ1) is 19.4. The highest BCUT2D eigenvalue weighted by atomic mass is 19.1. The number of anilines is 1. The fourth-order valence-electron chi connectivity index (χ4n) is 3.83. The molecule has 0 spiro atoms. The van der Waals surface area contributed by atoms with Crippen LogP contribution in [-0.2, 0) is 17.3 Å². The Kier molecular flexibility index (Phi) is 5.25. The lowest BCUT2D eigenvalue weighted by Crippen LogP contribution is -2.55. The number of benzene rings is 1. The highest BCUT2D eigenvalue weighted by molar-refractivity contribution is 5.98. The number of piperazine rings is 1. The van der Waals surface area contributed by atoms with Gasteiger partial charge >= 0.3 is 0 Å². The normalized spacial score (nSPS) is 18.9. The maximum atomic E-state index is 13.7. The number of aromatic nitrogens is 2. The van der Waals surface area contributed by atoms with Crippen LogP contribution in [0.1, 0.15) is 25.3 Å². The van der Waals surface area contributed by atoms with Gasteiger partial charge in [-0.25, -0.2) is 4.39 Å². The number of hydrogen-bond acceptors (Lipinski definition) is 3. The third-order valence-electron chi connectivity index (χ3n) is 5.68. The summed E-state index contributed by atoms with van der Waals surface area (Å²) in [7, 11) is 1.84. The molecule has 29 heavy (non-hydrogen) atoms. The standard InChI is InChI=1S/C21H27FN6O/c1-3-23-20(24-15-21(7-8-21)16-5-4-6-17(22)11-16)27-9-10-28(19(29)14-27)18-12-25-26(2)13-18/h4-6,11-13H,3,7-10,14-15H2,1-2H3,(H,23,24). The van der Waals surface area contributed by atoms with Gasteiger partial charge in [-0.1, -0.05) is 12.1 Å². The van der Waals surface area contributed by atoms with E-state index in [4.69, 9.17) is 4.99 Å². The van der Waals surface area contributed by atoms with Gasteiger partial charge in [0.05, 0.1) is 18.4 Å². The number of aryl methyl sites for hydroxylation is 1. The second kappa shape index (κ2) is 7.85. The Labute approximate surface area is 170 Å². The second-order valence-electron chi connectivity index (χ2n) is 7.80. The Morgan fingerprint density at radius 1 is 1.34 bits per heavy atom. The van der Waals surface area contributed by atoms with Crippen molar-refractivity contribution >= 4 is 17.6 Å². The van der Waals surface area contributed by atoms with Gasteiger partial charge in [-0.3, -0.25) is 14.5 Å². The van der Waals surface area contributed by atoms with E-state index in [0.29, 0.717) is 19.6 Å². The summed E-state index contributed by atoms with van der Waals surface area (Å²) in [6.07, 6.45) is 5.57. The molecule has 2 heterocycles. The summed E-state index contributed by atoms with van der Waals surface area (Å²) in [5, 5.41) is 7.46. The molecule has 0 unspecified atom stereocenters. The summed E-state index contributed by atoms with van der Waals surface area (Å²) in [6, 6.07) is 6.83. The predicted octanol–water partition coefficient (Wildman–Crippen LogP) is 1.91. The van der Waals surface area contributed by atoms with Crippen molar-refractivity contribution in [2.75, 3.05) is 37.6 Å². The van der Waals surface area contributed by atoms with Gasteiger partial charge < -0.3 is 15.1 Å². The number of nitrogens with one attached hydrogen (secondary N) is 1.